The maximum atomic E-state index is 12.7. The summed E-state index contributed by atoms with van der Waals surface area (Å²) in [6, 6.07) is 2.19. The number of likely N-dealkylation sites (N-methyl/N-ethyl adjacent to an activating group) is 1. The minimum absolute atomic E-state index is 0.0455. The van der Waals surface area contributed by atoms with Gasteiger partial charge in [0, 0.05) is 37.8 Å². The number of rotatable bonds is 5. The van der Waals surface area contributed by atoms with Crippen molar-refractivity contribution >= 4 is 22.9 Å². The fraction of sp³-hybridized carbons (Fsp3) is 0.556. The Morgan fingerprint density at radius 2 is 2.04 bits per heavy atom. The van der Waals surface area contributed by atoms with E-state index in [4.69, 9.17) is 4.52 Å². The van der Waals surface area contributed by atoms with Crippen LogP contribution >= 0.6 is 0 Å². The number of fused-ring (bicyclic) bond motifs is 1. The van der Waals surface area contributed by atoms with Gasteiger partial charge < -0.3 is 15.2 Å². The Morgan fingerprint density at radius 3 is 2.77 bits per heavy atom. The molecule has 8 heteroatoms. The molecule has 1 saturated heterocycles. The Labute approximate surface area is 152 Å². The molecule has 0 radical (unpaired) electrons. The summed E-state index contributed by atoms with van der Waals surface area (Å²) >= 11 is 0. The zero-order valence-electron chi connectivity index (χ0n) is 15.6. The van der Waals surface area contributed by atoms with Crippen LogP contribution in [0.25, 0.3) is 11.1 Å². The van der Waals surface area contributed by atoms with Crippen LogP contribution in [-0.4, -0.2) is 59.6 Å². The van der Waals surface area contributed by atoms with Crippen molar-refractivity contribution in [2.45, 2.75) is 45.2 Å². The van der Waals surface area contributed by atoms with Crippen molar-refractivity contribution in [3.05, 3.63) is 23.0 Å². The number of pyridine rings is 1. The highest BCUT2D eigenvalue weighted by Gasteiger charge is 2.32. The molecule has 0 bridgehead atoms. The van der Waals surface area contributed by atoms with Gasteiger partial charge in [-0.2, -0.15) is 0 Å². The Morgan fingerprint density at radius 1 is 1.31 bits per heavy atom. The fourth-order valence-corrected chi connectivity index (χ4v) is 3.60. The lowest BCUT2D eigenvalue weighted by molar-refractivity contribution is -0.121. The second-order valence-electron chi connectivity index (χ2n) is 6.90. The SMILES string of the molecule is CNC(=O)C[C@H]1CC[C@@H](CNC(=O)c2cc(C)nc3onc(C)c23)N1C. The number of likely N-dealkylation sites (tertiary alicyclic amines) is 1. The molecule has 1 aliphatic rings. The second kappa shape index (κ2) is 7.41. The smallest absolute Gasteiger partial charge is 0.258 e. The molecular weight excluding hydrogens is 334 g/mol. The molecular formula is C18H25N5O3. The predicted octanol–water partition coefficient (Wildman–Crippen LogP) is 1.17. The van der Waals surface area contributed by atoms with Crippen LogP contribution in [0.3, 0.4) is 0 Å². The van der Waals surface area contributed by atoms with Gasteiger partial charge in [0.05, 0.1) is 16.6 Å². The van der Waals surface area contributed by atoms with Crippen LogP contribution in [0.5, 0.6) is 0 Å². The molecule has 0 spiro atoms. The van der Waals surface area contributed by atoms with Crippen LogP contribution in [0.4, 0.5) is 0 Å². The van der Waals surface area contributed by atoms with E-state index in [0.29, 0.717) is 41.0 Å². The molecule has 2 aromatic rings. The maximum Gasteiger partial charge on any atom is 0.258 e. The first-order valence-electron chi connectivity index (χ1n) is 8.85. The molecule has 1 aliphatic heterocycles. The van der Waals surface area contributed by atoms with Gasteiger partial charge in [0.15, 0.2) is 0 Å². The van der Waals surface area contributed by atoms with E-state index in [2.05, 4.69) is 25.7 Å². The first-order chi connectivity index (χ1) is 12.4. The second-order valence-corrected chi connectivity index (χ2v) is 6.90. The van der Waals surface area contributed by atoms with Crippen molar-refractivity contribution in [1.29, 1.82) is 0 Å². The molecule has 3 rings (SSSR count). The van der Waals surface area contributed by atoms with Gasteiger partial charge in [0.2, 0.25) is 5.91 Å². The van der Waals surface area contributed by atoms with E-state index in [9.17, 15) is 9.59 Å². The number of hydrogen-bond acceptors (Lipinski definition) is 6. The maximum absolute atomic E-state index is 12.7. The van der Waals surface area contributed by atoms with E-state index in [-0.39, 0.29) is 23.9 Å². The molecule has 1 fully saturated rings. The van der Waals surface area contributed by atoms with Crippen molar-refractivity contribution < 1.29 is 14.1 Å². The monoisotopic (exact) mass is 359 g/mol. The van der Waals surface area contributed by atoms with Crippen molar-refractivity contribution in [3.63, 3.8) is 0 Å². The Kier molecular flexibility index (Phi) is 5.22. The number of amides is 2. The van der Waals surface area contributed by atoms with Crippen LogP contribution in [-0.2, 0) is 4.79 Å². The van der Waals surface area contributed by atoms with Gasteiger partial charge in [-0.1, -0.05) is 5.16 Å². The van der Waals surface area contributed by atoms with Crippen molar-refractivity contribution in [1.82, 2.24) is 25.7 Å². The highest BCUT2D eigenvalue weighted by atomic mass is 16.5. The summed E-state index contributed by atoms with van der Waals surface area (Å²) in [5, 5.41) is 10.3. The van der Waals surface area contributed by atoms with Gasteiger partial charge in [0.1, 0.15) is 0 Å². The summed E-state index contributed by atoms with van der Waals surface area (Å²) in [6.07, 6.45) is 2.39. The Hall–Kier alpha value is -2.48. The van der Waals surface area contributed by atoms with Crippen molar-refractivity contribution in [3.8, 4) is 0 Å². The van der Waals surface area contributed by atoms with Crippen LogP contribution in [0, 0.1) is 13.8 Å². The molecule has 2 N–H and O–H groups in total. The van der Waals surface area contributed by atoms with Crippen molar-refractivity contribution in [2.24, 2.45) is 0 Å². The van der Waals surface area contributed by atoms with Gasteiger partial charge in [-0.3, -0.25) is 14.5 Å². The quantitative estimate of drug-likeness (QED) is 0.831. The molecule has 0 unspecified atom stereocenters. The minimum Gasteiger partial charge on any atom is -0.359 e. The molecule has 140 valence electrons. The first-order valence-corrected chi connectivity index (χ1v) is 8.85. The molecule has 0 aliphatic carbocycles. The molecule has 0 aromatic carbocycles. The van der Waals surface area contributed by atoms with Crippen molar-refractivity contribution in [2.75, 3.05) is 20.6 Å². The largest absolute Gasteiger partial charge is 0.359 e. The zero-order valence-corrected chi connectivity index (χ0v) is 15.6. The van der Waals surface area contributed by atoms with Gasteiger partial charge in [-0.05, 0) is 39.8 Å². The summed E-state index contributed by atoms with van der Waals surface area (Å²) in [4.78, 5) is 30.8. The van der Waals surface area contributed by atoms with Gasteiger partial charge in [-0.15, -0.1) is 0 Å². The predicted molar refractivity (Wildman–Crippen MR) is 96.9 cm³/mol. The van der Waals surface area contributed by atoms with E-state index in [1.165, 1.54) is 0 Å². The van der Waals surface area contributed by atoms with E-state index in [1.807, 2.05) is 14.0 Å². The normalized spacial score (nSPS) is 20.5. The van der Waals surface area contributed by atoms with E-state index >= 15 is 0 Å². The molecule has 2 amide bonds. The van der Waals surface area contributed by atoms with Crippen LogP contribution in [0.1, 0.15) is 41.0 Å². The average Bonchev–Trinajstić information content (AvgIpc) is 3.15. The summed E-state index contributed by atoms with van der Waals surface area (Å²) < 4.78 is 5.19. The third-order valence-electron chi connectivity index (χ3n) is 5.17. The number of aryl methyl sites for hydroxylation is 2. The van der Waals surface area contributed by atoms with E-state index in [1.54, 1.807) is 20.0 Å². The van der Waals surface area contributed by atoms with E-state index < -0.39 is 0 Å². The summed E-state index contributed by atoms with van der Waals surface area (Å²) in [7, 11) is 3.66. The summed E-state index contributed by atoms with van der Waals surface area (Å²) in [6.45, 7) is 4.16. The zero-order chi connectivity index (χ0) is 18.8. The van der Waals surface area contributed by atoms with E-state index in [0.717, 1.165) is 12.8 Å². The van der Waals surface area contributed by atoms with Gasteiger partial charge in [-0.25, -0.2) is 4.98 Å². The number of hydrogen-bond donors (Lipinski definition) is 2. The first kappa shape index (κ1) is 18.3. The lowest BCUT2D eigenvalue weighted by atomic mass is 10.1. The number of nitrogens with zero attached hydrogens (tertiary/aromatic N) is 3. The summed E-state index contributed by atoms with van der Waals surface area (Å²) in [5.41, 5.74) is 2.29. The topological polar surface area (TPSA) is 100 Å². The molecule has 0 saturated carbocycles. The minimum atomic E-state index is -0.157. The number of nitrogens with one attached hydrogen (secondary N) is 2. The molecule has 8 nitrogen and oxygen atoms in total. The average molecular weight is 359 g/mol. The molecule has 2 aromatic heterocycles. The molecule has 26 heavy (non-hydrogen) atoms. The fourth-order valence-electron chi connectivity index (χ4n) is 3.60. The number of carbonyl (C=O) groups is 2. The van der Waals surface area contributed by atoms with Gasteiger partial charge >= 0.3 is 0 Å². The van der Waals surface area contributed by atoms with Gasteiger partial charge in [0.25, 0.3) is 11.6 Å². The third kappa shape index (κ3) is 3.55. The Bertz CT molecular complexity index is 832. The standard InChI is InChI=1S/C18H25N5O3/c1-10-7-14(16-11(2)22-26-18(16)21-10)17(25)20-9-13-6-5-12(23(13)4)8-15(24)19-3/h7,12-13H,5-6,8-9H2,1-4H3,(H,19,24)(H,20,25)/t12-,13+/m1/s1. The summed E-state index contributed by atoms with van der Waals surface area (Å²) in [5.74, 6) is -0.112. The van der Waals surface area contributed by atoms with Crippen LogP contribution in [0.2, 0.25) is 0 Å². The lowest BCUT2D eigenvalue weighted by Gasteiger charge is -2.25. The number of carbonyl (C=O) groups excluding carboxylic acids is 2. The Balaban J connectivity index is 1.67. The van der Waals surface area contributed by atoms with Crippen LogP contribution < -0.4 is 10.6 Å². The molecule has 3 heterocycles. The highest BCUT2D eigenvalue weighted by molar-refractivity contribution is 6.06. The van der Waals surface area contributed by atoms with Crippen LogP contribution in [0.15, 0.2) is 10.6 Å². The number of aromatic nitrogens is 2. The lowest BCUT2D eigenvalue weighted by Crippen LogP contribution is -2.42. The molecule has 2 atom stereocenters. The highest BCUT2D eigenvalue weighted by Crippen LogP contribution is 2.25. The third-order valence-corrected chi connectivity index (χ3v) is 5.17.